The van der Waals surface area contributed by atoms with E-state index in [9.17, 15) is 4.79 Å². The van der Waals surface area contributed by atoms with Crippen LogP contribution in [0.1, 0.15) is 12.0 Å². The lowest BCUT2D eigenvalue weighted by Gasteiger charge is -2.31. The highest BCUT2D eigenvalue weighted by Crippen LogP contribution is 2.31. The molecule has 0 spiro atoms. The molecular weight excluding hydrogens is 384 g/mol. The molecule has 7 heteroatoms. The Labute approximate surface area is 173 Å². The Morgan fingerprint density at radius 3 is 3.03 bits per heavy atom. The molecule has 3 aromatic rings. The van der Waals surface area contributed by atoms with Crippen LogP contribution in [0.15, 0.2) is 54.2 Å². The number of amides is 1. The van der Waals surface area contributed by atoms with E-state index in [0.29, 0.717) is 6.42 Å². The number of piperazine rings is 1. The molecule has 2 N–H and O–H groups in total. The number of ether oxygens (including phenoxy) is 1. The number of aromatic nitrogens is 1. The maximum atomic E-state index is 12.9. The Balaban J connectivity index is 1.28. The number of hydrogen-bond acceptors (Lipinski definition) is 6. The summed E-state index contributed by atoms with van der Waals surface area (Å²) in [5.74, 6) is 0.629. The third kappa shape index (κ3) is 3.71. The summed E-state index contributed by atoms with van der Waals surface area (Å²) in [6, 6.07) is 10.3. The zero-order chi connectivity index (χ0) is 19.6. The third-order valence-electron chi connectivity index (χ3n) is 5.33. The van der Waals surface area contributed by atoms with Crippen molar-refractivity contribution in [2.24, 2.45) is 0 Å². The summed E-state index contributed by atoms with van der Waals surface area (Å²) < 4.78 is 7.25. The van der Waals surface area contributed by atoms with Gasteiger partial charge < -0.3 is 20.3 Å². The van der Waals surface area contributed by atoms with Crippen molar-refractivity contribution in [3.63, 3.8) is 0 Å². The Bertz CT molecular complexity index is 1070. The molecule has 0 bridgehead atoms. The average molecular weight is 407 g/mol. The number of pyridine rings is 1. The van der Waals surface area contributed by atoms with Crippen molar-refractivity contribution in [3.8, 4) is 0 Å². The van der Waals surface area contributed by atoms with E-state index in [1.54, 1.807) is 23.7 Å². The van der Waals surface area contributed by atoms with Crippen LogP contribution in [0.3, 0.4) is 0 Å². The van der Waals surface area contributed by atoms with Crippen LogP contribution in [0, 0.1) is 0 Å². The number of nitrogens with one attached hydrogen (secondary N) is 2. The predicted octanol–water partition coefficient (Wildman–Crippen LogP) is 3.47. The van der Waals surface area contributed by atoms with E-state index in [1.165, 1.54) is 10.1 Å². The van der Waals surface area contributed by atoms with E-state index in [0.717, 1.165) is 48.9 Å². The van der Waals surface area contributed by atoms with Crippen LogP contribution in [0.2, 0.25) is 0 Å². The van der Waals surface area contributed by atoms with Crippen molar-refractivity contribution in [1.82, 2.24) is 10.3 Å². The van der Waals surface area contributed by atoms with Crippen molar-refractivity contribution >= 4 is 44.5 Å². The molecule has 0 aliphatic carbocycles. The van der Waals surface area contributed by atoms with E-state index >= 15 is 0 Å². The van der Waals surface area contributed by atoms with E-state index < -0.39 is 6.10 Å². The van der Waals surface area contributed by atoms with Crippen LogP contribution in [0.5, 0.6) is 0 Å². The van der Waals surface area contributed by atoms with Gasteiger partial charge in [-0.25, -0.2) is 0 Å². The molecule has 0 saturated carbocycles. The highest BCUT2D eigenvalue weighted by molar-refractivity contribution is 7.17. The summed E-state index contributed by atoms with van der Waals surface area (Å²) in [5, 5.41) is 9.65. The van der Waals surface area contributed by atoms with Crippen molar-refractivity contribution in [1.29, 1.82) is 0 Å². The summed E-state index contributed by atoms with van der Waals surface area (Å²) in [5.41, 5.74) is 2.74. The lowest BCUT2D eigenvalue weighted by molar-refractivity contribution is -0.123. The number of anilines is 2. The van der Waals surface area contributed by atoms with Gasteiger partial charge in [0.05, 0.1) is 17.6 Å². The smallest absolute Gasteiger partial charge is 0.265 e. The van der Waals surface area contributed by atoms with E-state index in [4.69, 9.17) is 4.74 Å². The first-order chi connectivity index (χ1) is 14.3. The first-order valence-electron chi connectivity index (χ1n) is 9.83. The van der Waals surface area contributed by atoms with Gasteiger partial charge in [-0.1, -0.05) is 0 Å². The van der Waals surface area contributed by atoms with Gasteiger partial charge in [-0.15, -0.1) is 11.3 Å². The Morgan fingerprint density at radius 2 is 2.14 bits per heavy atom. The van der Waals surface area contributed by atoms with Crippen LogP contribution >= 0.6 is 11.3 Å². The molecule has 4 heterocycles. The topological polar surface area (TPSA) is 66.5 Å². The molecule has 1 atom stereocenters. The van der Waals surface area contributed by atoms with Crippen LogP contribution in [-0.4, -0.2) is 43.2 Å². The highest BCUT2D eigenvalue weighted by Gasteiger charge is 2.27. The second-order valence-electron chi connectivity index (χ2n) is 7.20. The van der Waals surface area contributed by atoms with Crippen LogP contribution in [0.25, 0.3) is 15.8 Å². The van der Waals surface area contributed by atoms with Crippen molar-refractivity contribution < 1.29 is 9.53 Å². The highest BCUT2D eigenvalue weighted by atomic mass is 32.1. The van der Waals surface area contributed by atoms with Crippen LogP contribution in [-0.2, 0) is 9.53 Å². The second-order valence-corrected chi connectivity index (χ2v) is 8.15. The first-order valence-corrected chi connectivity index (χ1v) is 10.7. The van der Waals surface area contributed by atoms with Gasteiger partial charge in [0.25, 0.3) is 5.91 Å². The molecule has 148 valence electrons. The molecule has 0 radical (unpaired) electrons. The summed E-state index contributed by atoms with van der Waals surface area (Å²) in [4.78, 5) is 19.3. The quantitative estimate of drug-likeness (QED) is 0.695. The van der Waals surface area contributed by atoms with E-state index in [2.05, 4.69) is 50.2 Å². The SMILES string of the molecule is O=C(Nc1cnccc1N1CCNCC1)C1CC=C(c2ccc3sccc3c2)O1. The Morgan fingerprint density at radius 1 is 1.24 bits per heavy atom. The molecular formula is C22H22N4O2S. The normalized spacial score (nSPS) is 19.1. The van der Waals surface area contributed by atoms with Gasteiger partial charge in [-0.3, -0.25) is 9.78 Å². The van der Waals surface area contributed by atoms with Gasteiger partial charge in [0.15, 0.2) is 6.10 Å². The number of carbonyl (C=O) groups is 1. The summed E-state index contributed by atoms with van der Waals surface area (Å²) in [6.07, 6.45) is 5.51. The van der Waals surface area contributed by atoms with Gasteiger partial charge in [-0.05, 0) is 47.2 Å². The number of fused-ring (bicyclic) bond motifs is 1. The number of benzene rings is 1. The van der Waals surface area contributed by atoms with Crippen LogP contribution in [0.4, 0.5) is 11.4 Å². The fourth-order valence-electron chi connectivity index (χ4n) is 3.81. The van der Waals surface area contributed by atoms with E-state index in [1.807, 2.05) is 12.1 Å². The molecule has 6 nitrogen and oxygen atoms in total. The lowest BCUT2D eigenvalue weighted by Crippen LogP contribution is -2.44. The average Bonchev–Trinajstić information content (AvgIpc) is 3.44. The molecule has 2 aliphatic heterocycles. The zero-order valence-electron chi connectivity index (χ0n) is 15.9. The Hall–Kier alpha value is -2.90. The maximum absolute atomic E-state index is 12.9. The third-order valence-corrected chi connectivity index (χ3v) is 6.23. The number of rotatable bonds is 4. The number of carbonyl (C=O) groups excluding carboxylic acids is 1. The first kappa shape index (κ1) is 18.1. The van der Waals surface area contributed by atoms with Gasteiger partial charge >= 0.3 is 0 Å². The molecule has 2 aliphatic rings. The van der Waals surface area contributed by atoms with E-state index in [-0.39, 0.29) is 5.91 Å². The van der Waals surface area contributed by atoms with Crippen LogP contribution < -0.4 is 15.5 Å². The minimum Gasteiger partial charge on any atom is -0.480 e. The number of hydrogen-bond donors (Lipinski definition) is 2. The molecule has 1 aromatic carbocycles. The van der Waals surface area contributed by atoms with Crippen molar-refractivity contribution in [2.45, 2.75) is 12.5 Å². The zero-order valence-corrected chi connectivity index (χ0v) is 16.7. The molecule has 5 rings (SSSR count). The van der Waals surface area contributed by atoms with Gasteiger partial charge in [0.2, 0.25) is 0 Å². The van der Waals surface area contributed by atoms with Gasteiger partial charge in [-0.2, -0.15) is 0 Å². The standard InChI is InChI=1S/C22H22N4O2S/c27-22(25-17-14-24-7-5-18(17)26-10-8-23-9-11-26)20-3-2-19(28-20)15-1-4-21-16(13-15)6-12-29-21/h1-2,4-7,12-14,20,23H,3,8-11H2,(H,25,27). The largest absolute Gasteiger partial charge is 0.480 e. The monoisotopic (exact) mass is 406 g/mol. The lowest BCUT2D eigenvalue weighted by atomic mass is 10.1. The summed E-state index contributed by atoms with van der Waals surface area (Å²) in [6.45, 7) is 3.68. The molecule has 29 heavy (non-hydrogen) atoms. The van der Waals surface area contributed by atoms with Crippen molar-refractivity contribution in [3.05, 3.63) is 59.7 Å². The Kier molecular flexibility index (Phi) is 4.91. The van der Waals surface area contributed by atoms with Gasteiger partial charge in [0.1, 0.15) is 5.76 Å². The van der Waals surface area contributed by atoms with Crippen molar-refractivity contribution in [2.75, 3.05) is 36.4 Å². The fourth-order valence-corrected chi connectivity index (χ4v) is 4.58. The number of thiophene rings is 1. The molecule has 2 aromatic heterocycles. The fraction of sp³-hybridized carbons (Fsp3) is 0.273. The maximum Gasteiger partial charge on any atom is 0.265 e. The minimum absolute atomic E-state index is 0.141. The number of nitrogens with zero attached hydrogens (tertiary/aromatic N) is 2. The minimum atomic E-state index is -0.528. The molecule has 1 amide bonds. The summed E-state index contributed by atoms with van der Waals surface area (Å²) >= 11 is 1.72. The second kappa shape index (κ2) is 7.85. The summed E-state index contributed by atoms with van der Waals surface area (Å²) in [7, 11) is 0. The molecule has 1 saturated heterocycles. The molecule has 1 unspecified atom stereocenters. The van der Waals surface area contributed by atoms with Gasteiger partial charge in [0, 0.05) is 49.1 Å². The molecule has 1 fully saturated rings. The predicted molar refractivity (Wildman–Crippen MR) is 117 cm³/mol.